The van der Waals surface area contributed by atoms with Crippen molar-refractivity contribution in [3.63, 3.8) is 0 Å². The Hall–Kier alpha value is -3.16. The molecule has 2 aromatic rings. The van der Waals surface area contributed by atoms with Crippen molar-refractivity contribution in [3.05, 3.63) is 63.5 Å². The SMILES string of the molecule is COc1ccc(C(C)NC(=O)c2ccc(F)cc2[N+](=O)[O-])cc1OC. The molecular formula is C17H17FN2O5. The maximum absolute atomic E-state index is 13.2. The van der Waals surface area contributed by atoms with E-state index in [4.69, 9.17) is 9.47 Å². The number of benzene rings is 2. The van der Waals surface area contributed by atoms with Gasteiger partial charge in [-0.1, -0.05) is 6.07 Å². The Morgan fingerprint density at radius 1 is 1.16 bits per heavy atom. The van der Waals surface area contributed by atoms with E-state index in [9.17, 15) is 19.3 Å². The van der Waals surface area contributed by atoms with Crippen LogP contribution in [0.4, 0.5) is 10.1 Å². The summed E-state index contributed by atoms with van der Waals surface area (Å²) in [6.07, 6.45) is 0. The number of rotatable bonds is 6. The second-order valence-electron chi connectivity index (χ2n) is 5.23. The summed E-state index contributed by atoms with van der Waals surface area (Å²) in [6.45, 7) is 1.72. The summed E-state index contributed by atoms with van der Waals surface area (Å²) in [5.74, 6) is -0.419. The van der Waals surface area contributed by atoms with E-state index in [1.165, 1.54) is 14.2 Å². The fourth-order valence-electron chi connectivity index (χ4n) is 2.33. The van der Waals surface area contributed by atoms with Crippen LogP contribution in [-0.2, 0) is 0 Å². The maximum atomic E-state index is 13.2. The van der Waals surface area contributed by atoms with Crippen molar-refractivity contribution >= 4 is 11.6 Å². The van der Waals surface area contributed by atoms with Crippen LogP contribution in [0.2, 0.25) is 0 Å². The van der Waals surface area contributed by atoms with Gasteiger partial charge in [0.05, 0.1) is 31.3 Å². The van der Waals surface area contributed by atoms with E-state index >= 15 is 0 Å². The minimum Gasteiger partial charge on any atom is -0.493 e. The van der Waals surface area contributed by atoms with Crippen molar-refractivity contribution in [3.8, 4) is 11.5 Å². The van der Waals surface area contributed by atoms with Gasteiger partial charge in [-0.25, -0.2) is 4.39 Å². The number of ether oxygens (including phenoxy) is 2. The first kappa shape index (κ1) is 18.2. The quantitative estimate of drug-likeness (QED) is 0.639. The van der Waals surface area contributed by atoms with Gasteiger partial charge in [-0.05, 0) is 36.8 Å². The smallest absolute Gasteiger partial charge is 0.285 e. The van der Waals surface area contributed by atoms with E-state index < -0.39 is 28.4 Å². The van der Waals surface area contributed by atoms with Gasteiger partial charge in [-0.2, -0.15) is 0 Å². The highest BCUT2D eigenvalue weighted by Gasteiger charge is 2.22. The Labute approximate surface area is 143 Å². The van der Waals surface area contributed by atoms with Crippen LogP contribution in [0.15, 0.2) is 36.4 Å². The molecule has 1 atom stereocenters. The van der Waals surface area contributed by atoms with E-state index in [0.717, 1.165) is 23.8 Å². The van der Waals surface area contributed by atoms with Gasteiger partial charge in [-0.3, -0.25) is 14.9 Å². The molecule has 0 radical (unpaired) electrons. The van der Waals surface area contributed by atoms with E-state index in [2.05, 4.69) is 5.32 Å². The van der Waals surface area contributed by atoms with Gasteiger partial charge in [0.25, 0.3) is 11.6 Å². The van der Waals surface area contributed by atoms with Crippen molar-refractivity contribution in [2.45, 2.75) is 13.0 Å². The van der Waals surface area contributed by atoms with Gasteiger partial charge in [0, 0.05) is 0 Å². The first-order valence-corrected chi connectivity index (χ1v) is 7.34. The molecule has 0 heterocycles. The zero-order valence-corrected chi connectivity index (χ0v) is 13.9. The van der Waals surface area contributed by atoms with Crippen molar-refractivity contribution in [2.24, 2.45) is 0 Å². The Balaban J connectivity index is 2.25. The topological polar surface area (TPSA) is 90.7 Å². The molecule has 0 aliphatic rings. The fourth-order valence-corrected chi connectivity index (χ4v) is 2.33. The van der Waals surface area contributed by atoms with Crippen LogP contribution in [-0.4, -0.2) is 25.1 Å². The summed E-state index contributed by atoms with van der Waals surface area (Å²) in [7, 11) is 3.00. The molecule has 0 aliphatic carbocycles. The average molecular weight is 348 g/mol. The zero-order chi connectivity index (χ0) is 18.6. The number of nitrogens with one attached hydrogen (secondary N) is 1. The van der Waals surface area contributed by atoms with Crippen molar-refractivity contribution < 1.29 is 23.6 Å². The number of carbonyl (C=O) groups is 1. The Morgan fingerprint density at radius 2 is 1.84 bits per heavy atom. The molecule has 0 spiro atoms. The Bertz CT molecular complexity index is 810. The van der Waals surface area contributed by atoms with Crippen LogP contribution in [0, 0.1) is 15.9 Å². The standard InChI is InChI=1S/C17H17FN2O5/c1-10(11-4-7-15(24-2)16(8-11)25-3)19-17(21)13-6-5-12(18)9-14(13)20(22)23/h4-10H,1-3H3,(H,19,21). The summed E-state index contributed by atoms with van der Waals surface area (Å²) in [5, 5.41) is 13.7. The third-order valence-corrected chi connectivity index (χ3v) is 3.66. The molecule has 7 nitrogen and oxygen atoms in total. The van der Waals surface area contributed by atoms with Crippen LogP contribution >= 0.6 is 0 Å². The number of carbonyl (C=O) groups excluding carboxylic acids is 1. The second-order valence-corrected chi connectivity index (χ2v) is 5.23. The maximum Gasteiger partial charge on any atom is 0.285 e. The number of halogens is 1. The monoisotopic (exact) mass is 348 g/mol. The summed E-state index contributed by atoms with van der Waals surface area (Å²) in [6, 6.07) is 7.48. The predicted octanol–water partition coefficient (Wildman–Crippen LogP) is 3.24. The number of hydrogen-bond donors (Lipinski definition) is 1. The van der Waals surface area contributed by atoms with Crippen LogP contribution in [0.5, 0.6) is 11.5 Å². The predicted molar refractivity (Wildman–Crippen MR) is 88.5 cm³/mol. The third kappa shape index (κ3) is 4.03. The number of hydrogen-bond acceptors (Lipinski definition) is 5. The van der Waals surface area contributed by atoms with Crippen LogP contribution in [0.1, 0.15) is 28.9 Å². The second kappa shape index (κ2) is 7.61. The first-order chi connectivity index (χ1) is 11.9. The van der Waals surface area contributed by atoms with Gasteiger partial charge in [0.1, 0.15) is 11.4 Å². The molecule has 0 saturated heterocycles. The molecule has 0 fully saturated rings. The zero-order valence-electron chi connectivity index (χ0n) is 13.9. The van der Waals surface area contributed by atoms with Gasteiger partial charge < -0.3 is 14.8 Å². The van der Waals surface area contributed by atoms with Crippen molar-refractivity contribution in [1.29, 1.82) is 0 Å². The minimum atomic E-state index is -0.793. The number of methoxy groups -OCH3 is 2. The molecule has 25 heavy (non-hydrogen) atoms. The highest BCUT2D eigenvalue weighted by molar-refractivity contribution is 5.98. The minimum absolute atomic E-state index is 0.210. The summed E-state index contributed by atoms with van der Waals surface area (Å²) in [4.78, 5) is 22.6. The number of nitro groups is 1. The molecule has 1 N–H and O–H groups in total. The summed E-state index contributed by atoms with van der Waals surface area (Å²) in [5.41, 5.74) is -0.0773. The summed E-state index contributed by atoms with van der Waals surface area (Å²) < 4.78 is 23.6. The molecule has 2 aromatic carbocycles. The Kier molecular flexibility index (Phi) is 5.53. The molecule has 132 valence electrons. The van der Waals surface area contributed by atoms with E-state index in [1.54, 1.807) is 25.1 Å². The molecule has 0 bridgehead atoms. The van der Waals surface area contributed by atoms with Crippen molar-refractivity contribution in [1.82, 2.24) is 5.32 Å². The molecule has 0 aliphatic heterocycles. The molecule has 0 saturated carbocycles. The molecule has 8 heteroatoms. The average Bonchev–Trinajstić information content (AvgIpc) is 2.60. The normalized spacial score (nSPS) is 11.5. The molecule has 2 rings (SSSR count). The lowest BCUT2D eigenvalue weighted by Gasteiger charge is -2.16. The molecular weight excluding hydrogens is 331 g/mol. The number of nitro benzene ring substituents is 1. The molecule has 1 unspecified atom stereocenters. The summed E-state index contributed by atoms with van der Waals surface area (Å²) >= 11 is 0. The first-order valence-electron chi connectivity index (χ1n) is 7.34. The fraction of sp³-hybridized carbons (Fsp3) is 0.235. The van der Waals surface area contributed by atoms with Gasteiger partial charge in [0.2, 0.25) is 0 Å². The van der Waals surface area contributed by atoms with Gasteiger partial charge >= 0.3 is 0 Å². The largest absolute Gasteiger partial charge is 0.493 e. The highest BCUT2D eigenvalue weighted by Crippen LogP contribution is 2.30. The Morgan fingerprint density at radius 3 is 2.44 bits per heavy atom. The molecule has 0 aromatic heterocycles. The van der Waals surface area contributed by atoms with Gasteiger partial charge in [0.15, 0.2) is 11.5 Å². The number of nitrogens with zero attached hydrogens (tertiary/aromatic N) is 1. The lowest BCUT2D eigenvalue weighted by atomic mass is 10.1. The highest BCUT2D eigenvalue weighted by atomic mass is 19.1. The van der Waals surface area contributed by atoms with Crippen LogP contribution in [0.25, 0.3) is 0 Å². The lowest BCUT2D eigenvalue weighted by molar-refractivity contribution is -0.385. The van der Waals surface area contributed by atoms with Crippen LogP contribution < -0.4 is 14.8 Å². The van der Waals surface area contributed by atoms with Gasteiger partial charge in [-0.15, -0.1) is 0 Å². The number of amides is 1. The van der Waals surface area contributed by atoms with E-state index in [0.29, 0.717) is 11.5 Å². The van der Waals surface area contributed by atoms with E-state index in [-0.39, 0.29) is 5.56 Å². The van der Waals surface area contributed by atoms with E-state index in [1.807, 2.05) is 0 Å². The third-order valence-electron chi connectivity index (χ3n) is 3.66. The molecule has 1 amide bonds. The van der Waals surface area contributed by atoms with Crippen molar-refractivity contribution in [2.75, 3.05) is 14.2 Å². The van der Waals surface area contributed by atoms with Crippen LogP contribution in [0.3, 0.4) is 0 Å². The lowest BCUT2D eigenvalue weighted by Crippen LogP contribution is -2.27.